The van der Waals surface area contributed by atoms with Gasteiger partial charge >= 0.3 is 6.18 Å². The number of rotatable bonds is 7. The van der Waals surface area contributed by atoms with E-state index in [1.54, 1.807) is 12.1 Å². The SMILES string of the molecule is Cc1cc(N2CCCc3cc(OCC(F)(F)CC(F)(F)F)ccc3C2)cc(C)c1C(C(N)=O)C(C)(C)C. The summed E-state index contributed by atoms with van der Waals surface area (Å²) in [6.07, 6.45) is -5.70. The highest BCUT2D eigenvalue weighted by Gasteiger charge is 2.44. The smallest absolute Gasteiger partial charge is 0.394 e. The number of alkyl halides is 5. The first-order valence-corrected chi connectivity index (χ1v) is 12.3. The summed E-state index contributed by atoms with van der Waals surface area (Å²) < 4.78 is 69.4. The maximum atomic E-state index is 13.6. The molecule has 1 heterocycles. The molecule has 2 N–H and O–H groups in total. The van der Waals surface area contributed by atoms with E-state index >= 15 is 0 Å². The standard InChI is InChI=1S/C28H35F5N2O2/c1-17-11-21(12-18(2)23(17)24(25(34)36)26(3,4)5)35-10-6-7-19-13-22(9-8-20(19)14-35)37-16-27(29,30)15-28(31,32)33/h8-9,11-13,24H,6-7,10,14-16H2,1-5H3,(H2,34,36). The van der Waals surface area contributed by atoms with Gasteiger partial charge in [0.1, 0.15) is 12.2 Å². The minimum absolute atomic E-state index is 0.129. The Morgan fingerprint density at radius 2 is 1.65 bits per heavy atom. The third-order valence-electron chi connectivity index (χ3n) is 6.70. The molecule has 2 aromatic carbocycles. The molecule has 1 amide bonds. The number of amides is 1. The zero-order chi connectivity index (χ0) is 27.8. The predicted octanol–water partition coefficient (Wildman–Crippen LogP) is 6.84. The van der Waals surface area contributed by atoms with Gasteiger partial charge in [-0.1, -0.05) is 26.8 Å². The molecule has 204 valence electrons. The molecule has 1 aliphatic rings. The molecular weight excluding hydrogens is 491 g/mol. The van der Waals surface area contributed by atoms with Crippen molar-refractivity contribution in [3.05, 3.63) is 58.1 Å². The lowest BCUT2D eigenvalue weighted by Crippen LogP contribution is -2.33. The second kappa shape index (κ2) is 10.5. The van der Waals surface area contributed by atoms with E-state index in [0.29, 0.717) is 13.0 Å². The van der Waals surface area contributed by atoms with Crippen molar-refractivity contribution in [2.24, 2.45) is 11.1 Å². The zero-order valence-electron chi connectivity index (χ0n) is 21.9. The molecule has 4 nitrogen and oxygen atoms in total. The minimum atomic E-state index is -4.97. The van der Waals surface area contributed by atoms with Crippen molar-refractivity contribution in [1.82, 2.24) is 0 Å². The Bertz CT molecular complexity index is 1120. The molecule has 1 aliphatic heterocycles. The lowest BCUT2D eigenvalue weighted by atomic mass is 9.73. The highest BCUT2D eigenvalue weighted by molar-refractivity contribution is 5.84. The number of benzene rings is 2. The van der Waals surface area contributed by atoms with Crippen molar-refractivity contribution in [3.8, 4) is 5.75 Å². The number of halogens is 5. The Kier molecular flexibility index (Phi) is 8.15. The molecule has 0 saturated carbocycles. The van der Waals surface area contributed by atoms with E-state index in [1.807, 2.05) is 34.6 Å². The second-order valence-corrected chi connectivity index (χ2v) is 11.1. The third kappa shape index (κ3) is 7.36. The first-order valence-electron chi connectivity index (χ1n) is 12.3. The van der Waals surface area contributed by atoms with Crippen molar-refractivity contribution in [3.63, 3.8) is 0 Å². The van der Waals surface area contributed by atoms with Crippen LogP contribution < -0.4 is 15.4 Å². The van der Waals surface area contributed by atoms with Gasteiger partial charge in [0.15, 0.2) is 6.61 Å². The molecule has 9 heteroatoms. The first-order chi connectivity index (χ1) is 17.0. The summed E-state index contributed by atoms with van der Waals surface area (Å²) in [5.74, 6) is -4.65. The monoisotopic (exact) mass is 526 g/mol. The van der Waals surface area contributed by atoms with Gasteiger partial charge in [-0.25, -0.2) is 8.78 Å². The van der Waals surface area contributed by atoms with Crippen LogP contribution in [0.4, 0.5) is 27.6 Å². The largest absolute Gasteiger partial charge is 0.487 e. The van der Waals surface area contributed by atoms with Gasteiger partial charge < -0.3 is 15.4 Å². The maximum Gasteiger partial charge on any atom is 0.394 e. The van der Waals surface area contributed by atoms with Crippen LogP contribution in [0, 0.1) is 19.3 Å². The van der Waals surface area contributed by atoms with Gasteiger partial charge in [-0.15, -0.1) is 0 Å². The molecule has 0 aliphatic carbocycles. The number of aryl methyl sites for hydroxylation is 3. The van der Waals surface area contributed by atoms with E-state index in [4.69, 9.17) is 10.5 Å². The Morgan fingerprint density at radius 1 is 1.03 bits per heavy atom. The van der Waals surface area contributed by atoms with Gasteiger partial charge in [-0.3, -0.25) is 4.79 Å². The van der Waals surface area contributed by atoms with Crippen LogP contribution in [0.1, 0.15) is 67.3 Å². The first kappa shape index (κ1) is 28.7. The van der Waals surface area contributed by atoms with Crippen LogP contribution in [-0.4, -0.2) is 31.2 Å². The van der Waals surface area contributed by atoms with Gasteiger partial charge in [0.2, 0.25) is 5.91 Å². The average molecular weight is 527 g/mol. The van der Waals surface area contributed by atoms with Crippen LogP contribution in [0.5, 0.6) is 5.75 Å². The molecule has 1 unspecified atom stereocenters. The summed E-state index contributed by atoms with van der Waals surface area (Å²) in [6.45, 7) is 9.96. The number of primary amides is 1. The van der Waals surface area contributed by atoms with Gasteiger partial charge in [0, 0.05) is 18.8 Å². The fourth-order valence-corrected chi connectivity index (χ4v) is 5.17. The minimum Gasteiger partial charge on any atom is -0.487 e. The van der Waals surface area contributed by atoms with Crippen LogP contribution in [0.2, 0.25) is 0 Å². The van der Waals surface area contributed by atoms with Crippen molar-refractivity contribution in [2.75, 3.05) is 18.1 Å². The molecule has 0 radical (unpaired) electrons. The summed E-state index contributed by atoms with van der Waals surface area (Å²) in [5.41, 5.74) is 11.3. The van der Waals surface area contributed by atoms with Gasteiger partial charge in [-0.2, -0.15) is 13.2 Å². The fourth-order valence-electron chi connectivity index (χ4n) is 5.17. The molecule has 0 spiro atoms. The number of ether oxygens (including phenoxy) is 1. The number of hydrogen-bond donors (Lipinski definition) is 1. The number of nitrogens with two attached hydrogens (primary N) is 1. The lowest BCUT2D eigenvalue weighted by molar-refractivity contribution is -0.194. The van der Waals surface area contributed by atoms with Gasteiger partial charge in [-0.05, 0) is 84.2 Å². The normalized spacial score (nSPS) is 15.7. The Hall–Kier alpha value is -2.84. The lowest BCUT2D eigenvalue weighted by Gasteiger charge is -2.32. The number of carbonyl (C=O) groups excluding carboxylic acids is 1. The predicted molar refractivity (Wildman–Crippen MR) is 134 cm³/mol. The Morgan fingerprint density at radius 3 is 2.19 bits per heavy atom. The number of nitrogens with zero attached hydrogens (tertiary/aromatic N) is 1. The van der Waals surface area contributed by atoms with Gasteiger partial charge in [0.05, 0.1) is 5.92 Å². The number of anilines is 1. The Labute approximate surface area is 215 Å². The summed E-state index contributed by atoms with van der Waals surface area (Å²) in [5, 5.41) is 0. The molecule has 0 bridgehead atoms. The molecule has 0 aromatic heterocycles. The number of carbonyl (C=O) groups is 1. The summed E-state index contributed by atoms with van der Waals surface area (Å²) in [4.78, 5) is 14.5. The highest BCUT2D eigenvalue weighted by atomic mass is 19.4. The van der Waals surface area contributed by atoms with Crippen LogP contribution in [0.15, 0.2) is 30.3 Å². The number of fused-ring (bicyclic) bond motifs is 1. The van der Waals surface area contributed by atoms with Crippen molar-refractivity contribution in [1.29, 1.82) is 0 Å². The molecule has 37 heavy (non-hydrogen) atoms. The highest BCUT2D eigenvalue weighted by Crippen LogP contribution is 2.40. The van der Waals surface area contributed by atoms with Crippen LogP contribution in [-0.2, 0) is 17.8 Å². The van der Waals surface area contributed by atoms with Crippen molar-refractivity contribution in [2.45, 2.75) is 78.4 Å². The Balaban J connectivity index is 1.80. The van der Waals surface area contributed by atoms with Crippen LogP contribution in [0.25, 0.3) is 0 Å². The van der Waals surface area contributed by atoms with E-state index in [9.17, 15) is 26.7 Å². The molecule has 3 rings (SSSR count). The molecule has 0 saturated heterocycles. The van der Waals surface area contributed by atoms with Crippen molar-refractivity contribution >= 4 is 11.6 Å². The summed E-state index contributed by atoms with van der Waals surface area (Å²) >= 11 is 0. The molecule has 1 atom stereocenters. The maximum absolute atomic E-state index is 13.6. The van der Waals surface area contributed by atoms with Crippen LogP contribution in [0.3, 0.4) is 0 Å². The zero-order valence-corrected chi connectivity index (χ0v) is 21.9. The van der Waals surface area contributed by atoms with Crippen molar-refractivity contribution < 1.29 is 31.5 Å². The average Bonchev–Trinajstić information content (AvgIpc) is 2.94. The second-order valence-electron chi connectivity index (χ2n) is 11.1. The quantitative estimate of drug-likeness (QED) is 0.402. The topological polar surface area (TPSA) is 55.6 Å². The molecular formula is C28H35F5N2O2. The van der Waals surface area contributed by atoms with E-state index in [2.05, 4.69) is 17.0 Å². The molecule has 2 aromatic rings. The van der Waals surface area contributed by atoms with E-state index in [0.717, 1.165) is 46.5 Å². The summed E-state index contributed by atoms with van der Waals surface area (Å²) in [7, 11) is 0. The van der Waals surface area contributed by atoms with Gasteiger partial charge in [0.25, 0.3) is 5.92 Å². The van der Waals surface area contributed by atoms with Crippen LogP contribution >= 0.6 is 0 Å². The molecule has 0 fully saturated rings. The summed E-state index contributed by atoms with van der Waals surface area (Å²) in [6, 6.07) is 9.07. The van der Waals surface area contributed by atoms with E-state index in [-0.39, 0.29) is 17.1 Å². The fraction of sp³-hybridized carbons (Fsp3) is 0.536. The third-order valence-corrected chi connectivity index (χ3v) is 6.70. The van der Waals surface area contributed by atoms with E-state index in [1.165, 1.54) is 6.07 Å². The van der Waals surface area contributed by atoms with E-state index < -0.39 is 31.0 Å². The number of hydrogen-bond acceptors (Lipinski definition) is 3.